The Balaban J connectivity index is 1.39. The summed E-state index contributed by atoms with van der Waals surface area (Å²) < 4.78 is 11.2. The minimum atomic E-state index is -0.0282. The summed E-state index contributed by atoms with van der Waals surface area (Å²) in [6, 6.07) is 15.2. The summed E-state index contributed by atoms with van der Waals surface area (Å²) in [7, 11) is 1.61. The lowest BCUT2D eigenvalue weighted by Crippen LogP contribution is -2.41. The van der Waals surface area contributed by atoms with Crippen molar-refractivity contribution in [2.24, 2.45) is 5.92 Å². The number of urea groups is 1. The summed E-state index contributed by atoms with van der Waals surface area (Å²) in [5.74, 6) is 2.62. The minimum absolute atomic E-state index is 0.0282. The molecule has 136 valence electrons. The molecule has 26 heavy (non-hydrogen) atoms. The van der Waals surface area contributed by atoms with Gasteiger partial charge < -0.3 is 25.0 Å². The summed E-state index contributed by atoms with van der Waals surface area (Å²) in [4.78, 5) is 14.5. The number of rotatable bonds is 4. The molecule has 2 fully saturated rings. The zero-order valence-corrected chi connectivity index (χ0v) is 14.8. The summed E-state index contributed by atoms with van der Waals surface area (Å²) in [6.07, 6.45) is 1.08. The van der Waals surface area contributed by atoms with Crippen LogP contribution in [0.4, 0.5) is 10.5 Å². The second kappa shape index (κ2) is 7.25. The number of nitrogens with one attached hydrogen (secondary N) is 2. The van der Waals surface area contributed by atoms with E-state index in [1.807, 2.05) is 53.4 Å². The SMILES string of the molecule is COc1ccccc1Oc1ccc(NC(=O)N2CC[C@@H]3CNC[C@@H]32)cc1. The number of benzene rings is 2. The van der Waals surface area contributed by atoms with Gasteiger partial charge in [0.05, 0.1) is 7.11 Å². The van der Waals surface area contributed by atoms with Crippen LogP contribution in [0.25, 0.3) is 0 Å². The van der Waals surface area contributed by atoms with Crippen molar-refractivity contribution in [2.75, 3.05) is 32.1 Å². The maximum Gasteiger partial charge on any atom is 0.322 e. The van der Waals surface area contributed by atoms with Crippen molar-refractivity contribution in [2.45, 2.75) is 12.5 Å². The van der Waals surface area contributed by atoms with Gasteiger partial charge in [0, 0.05) is 31.4 Å². The number of hydrogen-bond acceptors (Lipinski definition) is 4. The van der Waals surface area contributed by atoms with Gasteiger partial charge in [-0.3, -0.25) is 0 Å². The van der Waals surface area contributed by atoms with Crippen LogP contribution in [0, 0.1) is 5.92 Å². The lowest BCUT2D eigenvalue weighted by molar-refractivity contribution is 0.206. The molecule has 2 aliphatic heterocycles. The number of para-hydroxylation sites is 2. The maximum atomic E-state index is 12.6. The van der Waals surface area contributed by atoms with Crippen LogP contribution in [0.5, 0.6) is 17.2 Å². The molecule has 2 amide bonds. The van der Waals surface area contributed by atoms with Crippen LogP contribution in [0.1, 0.15) is 6.42 Å². The maximum absolute atomic E-state index is 12.6. The van der Waals surface area contributed by atoms with Gasteiger partial charge in [-0.05, 0) is 48.7 Å². The smallest absolute Gasteiger partial charge is 0.322 e. The van der Waals surface area contributed by atoms with Crippen molar-refractivity contribution in [1.82, 2.24) is 10.2 Å². The van der Waals surface area contributed by atoms with E-state index in [0.29, 0.717) is 29.2 Å². The van der Waals surface area contributed by atoms with Crippen LogP contribution in [-0.2, 0) is 0 Å². The summed E-state index contributed by atoms with van der Waals surface area (Å²) in [5.41, 5.74) is 0.761. The summed E-state index contributed by atoms with van der Waals surface area (Å²) >= 11 is 0. The van der Waals surface area contributed by atoms with Crippen LogP contribution in [0.3, 0.4) is 0 Å². The molecule has 2 heterocycles. The average Bonchev–Trinajstić information content (AvgIpc) is 3.27. The number of anilines is 1. The third kappa shape index (κ3) is 3.32. The molecule has 0 radical (unpaired) electrons. The van der Waals surface area contributed by atoms with E-state index in [2.05, 4.69) is 10.6 Å². The number of nitrogens with zero attached hydrogens (tertiary/aromatic N) is 1. The first-order valence-corrected chi connectivity index (χ1v) is 8.94. The third-order valence-corrected chi connectivity index (χ3v) is 5.11. The second-order valence-corrected chi connectivity index (χ2v) is 6.68. The predicted molar refractivity (Wildman–Crippen MR) is 100.0 cm³/mol. The van der Waals surface area contributed by atoms with Gasteiger partial charge in [0.1, 0.15) is 5.75 Å². The summed E-state index contributed by atoms with van der Waals surface area (Å²) in [6.45, 7) is 2.74. The van der Waals surface area contributed by atoms with E-state index >= 15 is 0 Å². The number of carbonyl (C=O) groups is 1. The highest BCUT2D eigenvalue weighted by Gasteiger charge is 2.39. The van der Waals surface area contributed by atoms with Crippen molar-refractivity contribution < 1.29 is 14.3 Å². The fraction of sp³-hybridized carbons (Fsp3) is 0.350. The zero-order chi connectivity index (χ0) is 17.9. The van der Waals surface area contributed by atoms with Gasteiger partial charge >= 0.3 is 6.03 Å². The van der Waals surface area contributed by atoms with Gasteiger partial charge in [-0.2, -0.15) is 0 Å². The van der Waals surface area contributed by atoms with E-state index in [1.54, 1.807) is 7.11 Å². The van der Waals surface area contributed by atoms with Crippen LogP contribution in [0.2, 0.25) is 0 Å². The van der Waals surface area contributed by atoms with Crippen molar-refractivity contribution in [3.8, 4) is 17.2 Å². The van der Waals surface area contributed by atoms with Crippen LogP contribution >= 0.6 is 0 Å². The first-order chi connectivity index (χ1) is 12.7. The van der Waals surface area contributed by atoms with Gasteiger partial charge in [0.25, 0.3) is 0 Å². The molecule has 2 aromatic carbocycles. The van der Waals surface area contributed by atoms with Crippen molar-refractivity contribution in [3.05, 3.63) is 48.5 Å². The molecule has 2 N–H and O–H groups in total. The highest BCUT2D eigenvalue weighted by atomic mass is 16.5. The van der Waals surface area contributed by atoms with Gasteiger partial charge in [0.2, 0.25) is 0 Å². The standard InChI is InChI=1S/C20H23N3O3/c1-25-18-4-2-3-5-19(18)26-16-8-6-15(7-9-16)22-20(24)23-11-10-14-12-21-13-17(14)23/h2-9,14,17,21H,10-13H2,1H3,(H,22,24)/t14-,17+/m1/s1. The largest absolute Gasteiger partial charge is 0.493 e. The number of carbonyl (C=O) groups excluding carboxylic acids is 1. The zero-order valence-electron chi connectivity index (χ0n) is 14.8. The Morgan fingerprint density at radius 1 is 1.12 bits per heavy atom. The summed E-state index contributed by atoms with van der Waals surface area (Å²) in [5, 5.41) is 6.35. The molecule has 2 atom stereocenters. The Labute approximate surface area is 153 Å². The molecule has 2 aromatic rings. The number of ether oxygens (including phenoxy) is 2. The third-order valence-electron chi connectivity index (χ3n) is 5.11. The van der Waals surface area contributed by atoms with Gasteiger partial charge in [-0.1, -0.05) is 12.1 Å². The molecule has 0 spiro atoms. The molecular formula is C20H23N3O3. The Bertz CT molecular complexity index is 778. The Kier molecular flexibility index (Phi) is 4.67. The number of fused-ring (bicyclic) bond motifs is 1. The Hall–Kier alpha value is -2.73. The molecule has 6 nitrogen and oxygen atoms in total. The fourth-order valence-corrected chi connectivity index (χ4v) is 3.73. The topological polar surface area (TPSA) is 62.8 Å². The highest BCUT2D eigenvalue weighted by molar-refractivity contribution is 5.89. The van der Waals surface area contributed by atoms with E-state index < -0.39 is 0 Å². The molecule has 0 aliphatic carbocycles. The number of amides is 2. The van der Waals surface area contributed by atoms with Gasteiger partial charge in [-0.25, -0.2) is 4.79 Å². The monoisotopic (exact) mass is 353 g/mol. The van der Waals surface area contributed by atoms with E-state index in [-0.39, 0.29) is 6.03 Å². The van der Waals surface area contributed by atoms with Gasteiger partial charge in [-0.15, -0.1) is 0 Å². The molecule has 0 saturated carbocycles. The van der Waals surface area contributed by atoms with E-state index in [4.69, 9.17) is 9.47 Å². The molecular weight excluding hydrogens is 330 g/mol. The normalized spacial score (nSPS) is 21.3. The molecule has 0 aromatic heterocycles. The number of hydrogen-bond donors (Lipinski definition) is 2. The van der Waals surface area contributed by atoms with E-state index in [0.717, 1.165) is 31.7 Å². The van der Waals surface area contributed by atoms with Crippen LogP contribution in [0.15, 0.2) is 48.5 Å². The van der Waals surface area contributed by atoms with Crippen molar-refractivity contribution in [1.29, 1.82) is 0 Å². The molecule has 4 rings (SSSR count). The second-order valence-electron chi connectivity index (χ2n) is 6.68. The minimum Gasteiger partial charge on any atom is -0.493 e. The molecule has 2 aliphatic rings. The highest BCUT2D eigenvalue weighted by Crippen LogP contribution is 2.32. The Morgan fingerprint density at radius 2 is 1.88 bits per heavy atom. The van der Waals surface area contributed by atoms with Crippen LogP contribution < -0.4 is 20.1 Å². The first-order valence-electron chi connectivity index (χ1n) is 8.94. The predicted octanol–water partition coefficient (Wildman–Crippen LogP) is 3.31. The van der Waals surface area contributed by atoms with E-state index in [1.165, 1.54) is 0 Å². The lowest BCUT2D eigenvalue weighted by atomic mass is 10.1. The van der Waals surface area contributed by atoms with Gasteiger partial charge in [0.15, 0.2) is 11.5 Å². The van der Waals surface area contributed by atoms with E-state index in [9.17, 15) is 4.79 Å². The average molecular weight is 353 g/mol. The van der Waals surface area contributed by atoms with Crippen molar-refractivity contribution >= 4 is 11.7 Å². The van der Waals surface area contributed by atoms with Crippen molar-refractivity contribution in [3.63, 3.8) is 0 Å². The quantitative estimate of drug-likeness (QED) is 0.885. The Morgan fingerprint density at radius 3 is 2.65 bits per heavy atom. The lowest BCUT2D eigenvalue weighted by Gasteiger charge is -2.23. The number of likely N-dealkylation sites (tertiary alicyclic amines) is 1. The molecule has 2 saturated heterocycles. The fourth-order valence-electron chi connectivity index (χ4n) is 3.73. The molecule has 0 bridgehead atoms. The first kappa shape index (κ1) is 16.7. The number of methoxy groups -OCH3 is 1. The molecule has 6 heteroatoms. The molecule has 0 unspecified atom stereocenters. The van der Waals surface area contributed by atoms with Crippen LogP contribution in [-0.4, -0.2) is 43.7 Å².